The molecule has 0 saturated carbocycles. The summed E-state index contributed by atoms with van der Waals surface area (Å²) in [5, 5.41) is 21.7. The molecule has 0 spiro atoms. The van der Waals surface area contributed by atoms with E-state index >= 15 is 0 Å². The number of fused-ring (bicyclic) bond motifs is 2. The van der Waals surface area contributed by atoms with E-state index in [4.69, 9.17) is 14.7 Å². The summed E-state index contributed by atoms with van der Waals surface area (Å²) in [4.78, 5) is 25.6. The molecular weight excluding hydrogens is 1050 g/mol. The van der Waals surface area contributed by atoms with E-state index in [0.717, 1.165) is 96.1 Å². The number of β-amino-alcohol motifs (C(OH)–C–C–N with tert-alkyl or cyclic N) is 1. The van der Waals surface area contributed by atoms with E-state index in [1.165, 1.54) is 26.8 Å². The molecular formula is C58H74N14O6S2. The molecule has 0 aliphatic carbocycles. The molecule has 8 aromatic rings. The molecule has 3 aliphatic rings. The Morgan fingerprint density at radius 2 is 1.11 bits per heavy atom. The molecule has 0 amide bonds. The lowest BCUT2D eigenvalue weighted by Gasteiger charge is -2.41. The van der Waals surface area contributed by atoms with E-state index in [9.17, 15) is 21.9 Å². The fourth-order valence-corrected chi connectivity index (χ4v) is 10.9. The van der Waals surface area contributed by atoms with Crippen LogP contribution in [-0.4, -0.2) is 159 Å². The summed E-state index contributed by atoms with van der Waals surface area (Å²) in [7, 11) is -3.62. The van der Waals surface area contributed by atoms with Gasteiger partial charge in [-0.1, -0.05) is 36.4 Å². The average molecular weight is 1130 g/mol. The van der Waals surface area contributed by atoms with Crippen molar-refractivity contribution in [1.29, 1.82) is 0 Å². The lowest BCUT2D eigenvalue weighted by atomic mass is 10.1. The van der Waals surface area contributed by atoms with Crippen LogP contribution in [0.3, 0.4) is 0 Å². The molecule has 4 aromatic carbocycles. The van der Waals surface area contributed by atoms with Gasteiger partial charge >= 0.3 is 0 Å². The van der Waals surface area contributed by atoms with E-state index in [1.807, 2.05) is 113 Å². The predicted molar refractivity (Wildman–Crippen MR) is 322 cm³/mol. The van der Waals surface area contributed by atoms with Gasteiger partial charge in [0.05, 0.1) is 55.8 Å². The zero-order valence-electron chi connectivity index (χ0n) is 46.8. The largest absolute Gasteiger partial charge is 0.392 e. The first-order valence-electron chi connectivity index (χ1n) is 26.9. The summed E-state index contributed by atoms with van der Waals surface area (Å²) in [6.07, 6.45) is 10.1. The molecule has 22 heteroatoms. The van der Waals surface area contributed by atoms with E-state index in [-0.39, 0.29) is 6.10 Å². The Balaban J connectivity index is 0.000000181. The number of benzene rings is 4. The number of anilines is 8. The maximum Gasteiger partial charge on any atom is 0.232 e. The number of ether oxygens (including phenoxy) is 1. The third-order valence-corrected chi connectivity index (χ3v) is 16.8. The van der Waals surface area contributed by atoms with Crippen molar-refractivity contribution in [3.8, 4) is 0 Å². The number of aromatic nitrogens is 6. The monoisotopic (exact) mass is 1130 g/mol. The summed E-state index contributed by atoms with van der Waals surface area (Å²) in [6.45, 7) is 16.7. The van der Waals surface area contributed by atoms with E-state index in [0.29, 0.717) is 61.1 Å². The van der Waals surface area contributed by atoms with Gasteiger partial charge in [0.1, 0.15) is 11.3 Å². The minimum absolute atomic E-state index is 0.318. The molecule has 424 valence electrons. The van der Waals surface area contributed by atoms with Gasteiger partial charge in [0, 0.05) is 130 Å². The molecule has 7 heterocycles. The Hall–Kier alpha value is -7.34. The van der Waals surface area contributed by atoms with Crippen molar-refractivity contribution >= 4 is 88.1 Å². The Bertz CT molecular complexity index is 3590. The summed E-state index contributed by atoms with van der Waals surface area (Å²) >= 11 is 0. The van der Waals surface area contributed by atoms with Crippen molar-refractivity contribution in [3.05, 3.63) is 145 Å². The highest BCUT2D eigenvalue weighted by molar-refractivity contribution is 7.92. The lowest BCUT2D eigenvalue weighted by Crippen LogP contribution is -2.53. The van der Waals surface area contributed by atoms with Gasteiger partial charge in [-0.15, -0.1) is 0 Å². The molecule has 3 aliphatic heterocycles. The van der Waals surface area contributed by atoms with Gasteiger partial charge in [-0.25, -0.2) is 26.8 Å². The Morgan fingerprint density at radius 1 is 0.662 bits per heavy atom. The summed E-state index contributed by atoms with van der Waals surface area (Å²) in [6, 6.07) is 36.4. The summed E-state index contributed by atoms with van der Waals surface area (Å²) in [5.74, 6) is 0.995. The third-order valence-electron chi connectivity index (χ3n) is 14.5. The van der Waals surface area contributed by atoms with Crippen molar-refractivity contribution < 1.29 is 26.7 Å². The number of epoxide rings is 1. The number of nitrogens with one attached hydrogen (secondary N) is 3. The Morgan fingerprint density at radius 3 is 1.52 bits per heavy atom. The highest BCUT2D eigenvalue weighted by atomic mass is 32.2. The van der Waals surface area contributed by atoms with Crippen LogP contribution in [0.4, 0.5) is 46.0 Å². The number of sulfonamides is 2. The number of para-hydroxylation sites is 2. The number of nitrogens with zero attached hydrogens (tertiary/aromatic N) is 11. The molecule has 80 heavy (non-hydrogen) atoms. The van der Waals surface area contributed by atoms with Crippen molar-refractivity contribution in [3.63, 3.8) is 0 Å². The average Bonchev–Trinajstić information content (AvgIpc) is 3.98. The minimum Gasteiger partial charge on any atom is -0.392 e. The fraction of sp³-hybridized carbons (Fsp3) is 0.379. The van der Waals surface area contributed by atoms with Gasteiger partial charge in [0.2, 0.25) is 31.9 Å². The zero-order valence-corrected chi connectivity index (χ0v) is 48.4. The molecule has 0 radical (unpaired) electrons. The molecule has 3 saturated heterocycles. The first-order valence-corrected chi connectivity index (χ1v) is 30.6. The predicted octanol–water partition coefficient (Wildman–Crippen LogP) is 7.33. The number of rotatable bonds is 16. The van der Waals surface area contributed by atoms with Crippen LogP contribution in [0.15, 0.2) is 134 Å². The summed E-state index contributed by atoms with van der Waals surface area (Å²) in [5.41, 5.74) is 8.75. The van der Waals surface area contributed by atoms with Gasteiger partial charge in [0.15, 0.2) is 0 Å². The highest BCUT2D eigenvalue weighted by Crippen LogP contribution is 2.29. The molecule has 4 N–H and O–H groups in total. The molecule has 11 rings (SSSR count). The quantitative estimate of drug-likeness (QED) is 0.0697. The van der Waals surface area contributed by atoms with Crippen LogP contribution in [0.25, 0.3) is 22.1 Å². The van der Waals surface area contributed by atoms with Crippen LogP contribution in [-0.2, 0) is 37.9 Å². The van der Waals surface area contributed by atoms with Crippen molar-refractivity contribution in [2.45, 2.75) is 65.1 Å². The van der Waals surface area contributed by atoms with Crippen molar-refractivity contribution in [1.82, 2.24) is 39.3 Å². The maximum atomic E-state index is 12.2. The number of piperazine rings is 2. The number of aliphatic hydroxyl groups is 1. The van der Waals surface area contributed by atoms with E-state index in [1.54, 1.807) is 26.5 Å². The SMILES string of the molecule is C[C@H](O)CN1CCN(c2ccc(Nc3ncc4ccn(Cc5ccccc5N(C)S(C)(=O)=O)c4n3)cc2)C[C@@H]1C.C[C@H]1CN(c2ccc(Nc3ncc4ccn(Cc5ccccc5N(C)S(C)(=O)=O)c4n3)cc2)CCN1.C[C@H]1CO1. The first kappa shape index (κ1) is 57.3. The van der Waals surface area contributed by atoms with Crippen LogP contribution in [0.5, 0.6) is 0 Å². The van der Waals surface area contributed by atoms with E-state index in [2.05, 4.69) is 85.7 Å². The fourth-order valence-electron chi connectivity index (χ4n) is 9.82. The second kappa shape index (κ2) is 25.0. The minimum atomic E-state index is -3.39. The molecule has 4 aromatic heterocycles. The van der Waals surface area contributed by atoms with Gasteiger partial charge < -0.3 is 44.7 Å². The second-order valence-electron chi connectivity index (χ2n) is 21.0. The first-order chi connectivity index (χ1) is 38.2. The smallest absolute Gasteiger partial charge is 0.232 e. The van der Waals surface area contributed by atoms with Crippen LogP contribution in [0.2, 0.25) is 0 Å². The molecule has 0 unspecified atom stereocenters. The summed E-state index contributed by atoms with van der Waals surface area (Å²) < 4.78 is 59.9. The van der Waals surface area contributed by atoms with Gasteiger partial charge in [-0.2, -0.15) is 9.97 Å². The molecule has 20 nitrogen and oxygen atoms in total. The van der Waals surface area contributed by atoms with Crippen LogP contribution in [0, 0.1) is 0 Å². The molecule has 3 fully saturated rings. The highest BCUT2D eigenvalue weighted by Gasteiger charge is 2.25. The topological polar surface area (TPSA) is 215 Å². The van der Waals surface area contributed by atoms with E-state index < -0.39 is 20.0 Å². The van der Waals surface area contributed by atoms with Gasteiger partial charge in [-0.3, -0.25) is 13.5 Å². The standard InChI is InChI=1S/C29H37N7O3S.C26H31N7O2S.C3H6O/c1-21-18-35(16-15-34(21)19-22(2)37)26-11-9-25(10-12-26)31-29-30-17-23-13-14-36(28(23)32-29)20-24-7-5-6-8-27(24)33(3)40(4,38)39;1-19-17-32(15-13-27-19)23-10-8-22(9-11-23)29-26-28-16-20-12-14-33(25(20)30-26)18-21-6-4-5-7-24(21)31(2)36(3,34)35;1-3-2-4-3/h5-14,17,21-22,37H,15-16,18-20H2,1-4H3,(H,30,31,32);4-12,14,16,19,27H,13,15,17-18H2,1-3H3,(H,28,29,30);3H,2H2,1H3/t21-,22-;19-;3-/m000/s1. The molecule has 4 atom stereocenters. The van der Waals surface area contributed by atoms with Crippen LogP contribution >= 0.6 is 0 Å². The Labute approximate surface area is 470 Å². The van der Waals surface area contributed by atoms with Crippen molar-refractivity contribution in [2.75, 3.05) is 108 Å². The third kappa shape index (κ3) is 14.7. The van der Waals surface area contributed by atoms with Crippen molar-refractivity contribution in [2.24, 2.45) is 0 Å². The maximum absolute atomic E-state index is 12.2. The van der Waals surface area contributed by atoms with Crippen LogP contribution in [0.1, 0.15) is 38.8 Å². The van der Waals surface area contributed by atoms with Crippen LogP contribution < -0.4 is 34.4 Å². The number of hydrogen-bond donors (Lipinski definition) is 4. The zero-order chi connectivity index (χ0) is 56.7. The second-order valence-corrected chi connectivity index (χ2v) is 25.0. The number of aliphatic hydroxyl groups excluding tert-OH is 1. The molecule has 0 bridgehead atoms. The number of hydrogen-bond acceptors (Lipinski definition) is 16. The lowest BCUT2D eigenvalue weighted by molar-refractivity contribution is 0.0960. The van der Waals surface area contributed by atoms with Gasteiger partial charge in [-0.05, 0) is 112 Å². The normalized spacial score (nSPS) is 17.9. The Kier molecular flexibility index (Phi) is 17.9. The van der Waals surface area contributed by atoms with Gasteiger partial charge in [0.25, 0.3) is 0 Å².